The van der Waals surface area contributed by atoms with Gasteiger partial charge in [-0.15, -0.1) is 0 Å². The second-order valence-corrected chi connectivity index (χ2v) is 4.14. The summed E-state index contributed by atoms with van der Waals surface area (Å²) in [6, 6.07) is 8.74. The number of rotatable bonds is 7. The van der Waals surface area contributed by atoms with Crippen molar-refractivity contribution in [2.24, 2.45) is 5.92 Å². The molecule has 6 heteroatoms. The fourth-order valence-corrected chi connectivity index (χ4v) is 1.63. The third kappa shape index (κ3) is 6.13. The molecule has 0 aliphatic carbocycles. The fourth-order valence-electron chi connectivity index (χ4n) is 1.63. The number of carboxylic acid groups (broad SMARTS) is 1. The number of carbonyl (C=O) groups is 1. The Morgan fingerprint density at radius 2 is 1.89 bits per heavy atom. The van der Waals surface area contributed by atoms with Crippen LogP contribution in [0.4, 0.5) is 13.2 Å². The summed E-state index contributed by atoms with van der Waals surface area (Å²) in [6.07, 6.45) is -5.46. The van der Waals surface area contributed by atoms with Crippen LogP contribution in [-0.2, 0) is 4.79 Å². The Balaban J connectivity index is 2.34. The Morgan fingerprint density at radius 1 is 1.26 bits per heavy atom. The van der Waals surface area contributed by atoms with Gasteiger partial charge >= 0.3 is 12.1 Å². The summed E-state index contributed by atoms with van der Waals surface area (Å²) in [7, 11) is 0. The number of aliphatic carboxylic acids is 1. The van der Waals surface area contributed by atoms with Crippen LogP contribution in [-0.4, -0.2) is 23.9 Å². The van der Waals surface area contributed by atoms with Crippen molar-refractivity contribution in [3.63, 3.8) is 0 Å². The number of alkyl halides is 3. The predicted molar refractivity (Wildman–Crippen MR) is 63.0 cm³/mol. The molecule has 1 N–H and O–H groups in total. The van der Waals surface area contributed by atoms with Gasteiger partial charge in [-0.25, -0.2) is 0 Å². The van der Waals surface area contributed by atoms with Crippen LogP contribution < -0.4 is 4.74 Å². The number of halogens is 3. The largest absolute Gasteiger partial charge is 0.494 e. The van der Waals surface area contributed by atoms with Gasteiger partial charge in [0.15, 0.2) is 0 Å². The van der Waals surface area contributed by atoms with E-state index in [2.05, 4.69) is 0 Å². The van der Waals surface area contributed by atoms with Crippen molar-refractivity contribution in [2.45, 2.75) is 25.4 Å². The lowest BCUT2D eigenvalue weighted by Gasteiger charge is -2.18. The fraction of sp³-hybridized carbons (Fsp3) is 0.462. The number of benzene rings is 1. The maximum atomic E-state index is 12.5. The molecule has 0 spiro atoms. The molecule has 1 unspecified atom stereocenters. The minimum atomic E-state index is -4.48. The van der Waals surface area contributed by atoms with Gasteiger partial charge in [-0.2, -0.15) is 13.2 Å². The van der Waals surface area contributed by atoms with Crippen LogP contribution in [0.15, 0.2) is 30.3 Å². The van der Waals surface area contributed by atoms with E-state index in [9.17, 15) is 18.0 Å². The highest BCUT2D eigenvalue weighted by Gasteiger charge is 2.40. The topological polar surface area (TPSA) is 46.5 Å². The first-order valence-corrected chi connectivity index (χ1v) is 5.86. The molecule has 0 heterocycles. The number of carboxylic acids is 1. The number of hydrogen-bond acceptors (Lipinski definition) is 2. The van der Waals surface area contributed by atoms with E-state index in [0.29, 0.717) is 5.75 Å². The van der Waals surface area contributed by atoms with Gasteiger partial charge in [0.1, 0.15) is 5.75 Å². The van der Waals surface area contributed by atoms with E-state index in [-0.39, 0.29) is 19.4 Å². The average molecular weight is 276 g/mol. The van der Waals surface area contributed by atoms with E-state index in [4.69, 9.17) is 9.84 Å². The highest BCUT2D eigenvalue weighted by molar-refractivity contribution is 5.67. The zero-order valence-electron chi connectivity index (χ0n) is 10.2. The first-order chi connectivity index (χ1) is 8.89. The Morgan fingerprint density at radius 3 is 2.42 bits per heavy atom. The van der Waals surface area contributed by atoms with Crippen LogP contribution >= 0.6 is 0 Å². The van der Waals surface area contributed by atoms with Crippen molar-refractivity contribution < 1.29 is 27.8 Å². The van der Waals surface area contributed by atoms with Crippen LogP contribution in [0.3, 0.4) is 0 Å². The molecule has 0 fully saturated rings. The molecule has 1 rings (SSSR count). The molecule has 0 aliphatic rings. The molecule has 0 saturated carbocycles. The molecule has 1 atom stereocenters. The zero-order chi connectivity index (χ0) is 14.3. The molecule has 0 aliphatic heterocycles. The summed E-state index contributed by atoms with van der Waals surface area (Å²) in [4.78, 5) is 10.4. The molecule has 0 amide bonds. The van der Waals surface area contributed by atoms with Crippen LogP contribution in [0, 0.1) is 5.92 Å². The molecular weight excluding hydrogens is 261 g/mol. The lowest BCUT2D eigenvalue weighted by atomic mass is 9.99. The lowest BCUT2D eigenvalue weighted by Crippen LogP contribution is -2.26. The number of para-hydroxylation sites is 1. The average Bonchev–Trinajstić information content (AvgIpc) is 2.32. The van der Waals surface area contributed by atoms with Crippen LogP contribution in [0.1, 0.15) is 19.3 Å². The maximum absolute atomic E-state index is 12.5. The first-order valence-electron chi connectivity index (χ1n) is 5.86. The summed E-state index contributed by atoms with van der Waals surface area (Å²) in [5.74, 6) is -2.67. The molecule has 0 bridgehead atoms. The van der Waals surface area contributed by atoms with Gasteiger partial charge in [0.05, 0.1) is 18.9 Å². The summed E-state index contributed by atoms with van der Waals surface area (Å²) in [6.45, 7) is 0.135. The molecule has 106 valence electrons. The van der Waals surface area contributed by atoms with E-state index >= 15 is 0 Å². The van der Waals surface area contributed by atoms with E-state index < -0.39 is 24.5 Å². The Kier molecular flexibility index (Phi) is 5.66. The van der Waals surface area contributed by atoms with Gasteiger partial charge in [-0.3, -0.25) is 4.79 Å². The van der Waals surface area contributed by atoms with Crippen molar-refractivity contribution in [2.75, 3.05) is 6.61 Å². The quantitative estimate of drug-likeness (QED) is 0.775. The molecule has 0 aromatic heterocycles. The maximum Gasteiger partial charge on any atom is 0.392 e. The molecule has 1 aromatic carbocycles. The van der Waals surface area contributed by atoms with E-state index in [1.807, 2.05) is 0 Å². The standard InChI is InChI=1S/C13H15F3O3/c14-13(15,16)10(9-12(17)18)5-4-8-19-11-6-2-1-3-7-11/h1-3,6-7,10H,4-5,8-9H2,(H,17,18). The molecular formula is C13H15F3O3. The zero-order valence-corrected chi connectivity index (χ0v) is 10.2. The van der Waals surface area contributed by atoms with E-state index in [0.717, 1.165) is 0 Å². The van der Waals surface area contributed by atoms with Gasteiger partial charge in [0.25, 0.3) is 0 Å². The predicted octanol–water partition coefficient (Wildman–Crippen LogP) is 3.50. The van der Waals surface area contributed by atoms with Crippen molar-refractivity contribution in [1.29, 1.82) is 0 Å². The van der Waals surface area contributed by atoms with Gasteiger partial charge < -0.3 is 9.84 Å². The first kappa shape index (κ1) is 15.3. The SMILES string of the molecule is O=C(O)CC(CCCOc1ccccc1)C(F)(F)F. The third-order valence-corrected chi connectivity index (χ3v) is 2.59. The number of hydrogen-bond donors (Lipinski definition) is 1. The Labute approximate surface area is 109 Å². The Bertz CT molecular complexity index is 390. The second kappa shape index (κ2) is 7.01. The highest BCUT2D eigenvalue weighted by Crippen LogP contribution is 2.32. The monoisotopic (exact) mass is 276 g/mol. The molecule has 1 aromatic rings. The van der Waals surface area contributed by atoms with Crippen molar-refractivity contribution >= 4 is 5.97 Å². The highest BCUT2D eigenvalue weighted by atomic mass is 19.4. The second-order valence-electron chi connectivity index (χ2n) is 4.14. The number of ether oxygens (including phenoxy) is 1. The lowest BCUT2D eigenvalue weighted by molar-refractivity contribution is -0.184. The van der Waals surface area contributed by atoms with E-state index in [1.54, 1.807) is 30.3 Å². The van der Waals surface area contributed by atoms with E-state index in [1.165, 1.54) is 0 Å². The molecule has 0 radical (unpaired) electrons. The molecule has 3 nitrogen and oxygen atoms in total. The smallest absolute Gasteiger partial charge is 0.392 e. The summed E-state index contributed by atoms with van der Waals surface area (Å²) in [5.41, 5.74) is 0. The minimum absolute atomic E-state index is 0.135. The van der Waals surface area contributed by atoms with Gasteiger partial charge in [-0.05, 0) is 25.0 Å². The van der Waals surface area contributed by atoms with Crippen molar-refractivity contribution in [1.82, 2.24) is 0 Å². The normalized spacial score (nSPS) is 13.0. The van der Waals surface area contributed by atoms with Crippen LogP contribution in [0.5, 0.6) is 5.75 Å². The van der Waals surface area contributed by atoms with Gasteiger partial charge in [0.2, 0.25) is 0 Å². The summed E-state index contributed by atoms with van der Waals surface area (Å²) < 4.78 is 42.8. The van der Waals surface area contributed by atoms with Crippen LogP contribution in [0.25, 0.3) is 0 Å². The van der Waals surface area contributed by atoms with Gasteiger partial charge in [0, 0.05) is 0 Å². The van der Waals surface area contributed by atoms with Crippen molar-refractivity contribution in [3.05, 3.63) is 30.3 Å². The molecule has 0 saturated heterocycles. The third-order valence-electron chi connectivity index (χ3n) is 2.59. The van der Waals surface area contributed by atoms with Crippen molar-refractivity contribution in [3.8, 4) is 5.75 Å². The Hall–Kier alpha value is -1.72. The summed E-state index contributed by atoms with van der Waals surface area (Å²) in [5, 5.41) is 8.45. The minimum Gasteiger partial charge on any atom is -0.494 e. The van der Waals surface area contributed by atoms with Crippen LogP contribution in [0.2, 0.25) is 0 Å². The summed E-state index contributed by atoms with van der Waals surface area (Å²) >= 11 is 0. The molecule has 19 heavy (non-hydrogen) atoms. The van der Waals surface area contributed by atoms with Gasteiger partial charge in [-0.1, -0.05) is 18.2 Å².